The summed E-state index contributed by atoms with van der Waals surface area (Å²) in [5.74, 6) is 2.40. The van der Waals surface area contributed by atoms with Crippen LogP contribution in [-0.2, 0) is 6.54 Å². The monoisotopic (exact) mass is 336 g/mol. The molecule has 2 aromatic rings. The Balaban J connectivity index is 1.29. The number of carbonyl (C=O) groups excluding carboxylic acids is 1. The van der Waals surface area contributed by atoms with Gasteiger partial charge in [-0.1, -0.05) is 35.5 Å². The number of nitrogens with zero attached hydrogens (tertiary/aromatic N) is 3. The highest BCUT2D eigenvalue weighted by atomic mass is 16.2. The zero-order chi connectivity index (χ0) is 16.9. The predicted octanol–water partition coefficient (Wildman–Crippen LogP) is 3.03. The normalized spacial score (nSPS) is 32.7. The minimum atomic E-state index is -0.0544. The lowest BCUT2D eigenvalue weighted by molar-refractivity contribution is -0.0167. The van der Waals surface area contributed by atoms with Crippen LogP contribution >= 0.6 is 0 Å². The van der Waals surface area contributed by atoms with Crippen LogP contribution < -0.4 is 5.32 Å². The van der Waals surface area contributed by atoms with E-state index < -0.39 is 0 Å². The summed E-state index contributed by atoms with van der Waals surface area (Å²) in [6.07, 6.45) is 9.37. The van der Waals surface area contributed by atoms with Crippen molar-refractivity contribution < 1.29 is 4.79 Å². The van der Waals surface area contributed by atoms with Crippen molar-refractivity contribution in [2.24, 2.45) is 17.8 Å². The van der Waals surface area contributed by atoms with E-state index in [0.717, 1.165) is 42.6 Å². The van der Waals surface area contributed by atoms with Crippen molar-refractivity contribution in [3.63, 3.8) is 0 Å². The summed E-state index contributed by atoms with van der Waals surface area (Å²) < 4.78 is 1.74. The molecule has 0 radical (unpaired) electrons. The van der Waals surface area contributed by atoms with E-state index in [1.165, 1.54) is 19.3 Å². The van der Waals surface area contributed by atoms with E-state index in [9.17, 15) is 4.79 Å². The molecule has 25 heavy (non-hydrogen) atoms. The Kier molecular flexibility index (Phi) is 3.43. The number of aromatic nitrogens is 3. The minimum absolute atomic E-state index is 0.0229. The van der Waals surface area contributed by atoms with Gasteiger partial charge in [-0.2, -0.15) is 0 Å². The summed E-state index contributed by atoms with van der Waals surface area (Å²) in [6, 6.07) is 10.1. The molecule has 4 fully saturated rings. The maximum absolute atomic E-state index is 12.8. The fourth-order valence-electron chi connectivity index (χ4n) is 5.82. The van der Waals surface area contributed by atoms with E-state index in [2.05, 4.69) is 27.8 Å². The molecule has 1 amide bonds. The second-order valence-electron chi connectivity index (χ2n) is 8.44. The first kappa shape index (κ1) is 15.1. The molecule has 1 N–H and O–H groups in total. The van der Waals surface area contributed by atoms with Crippen LogP contribution in [0.5, 0.6) is 0 Å². The quantitative estimate of drug-likeness (QED) is 0.933. The standard InChI is InChI=1S/C20H24N4O/c25-19(18-13-24(23-22-18)12-14-4-2-1-3-5-14)21-20-9-15-6-16(10-20)8-17(7-15)11-20/h1-5,13,15-17H,6-12H2,(H,21,25). The Labute approximate surface area is 147 Å². The first-order chi connectivity index (χ1) is 12.2. The van der Waals surface area contributed by atoms with Crippen molar-refractivity contribution in [3.8, 4) is 0 Å². The van der Waals surface area contributed by atoms with E-state index in [1.54, 1.807) is 10.9 Å². The SMILES string of the molecule is O=C(NC12CC3CC(CC(C3)C1)C2)c1cn(Cc2ccccc2)nn1. The van der Waals surface area contributed by atoms with Gasteiger partial charge >= 0.3 is 0 Å². The largest absolute Gasteiger partial charge is 0.345 e. The Hall–Kier alpha value is -2.17. The third-order valence-corrected chi connectivity index (χ3v) is 6.38. The molecule has 6 rings (SSSR count). The molecule has 130 valence electrons. The number of nitrogens with one attached hydrogen (secondary N) is 1. The van der Waals surface area contributed by atoms with E-state index >= 15 is 0 Å². The summed E-state index contributed by atoms with van der Waals surface area (Å²) in [6.45, 7) is 0.637. The maximum Gasteiger partial charge on any atom is 0.273 e. The molecule has 0 aliphatic heterocycles. The van der Waals surface area contributed by atoms with Crippen LogP contribution in [0.3, 0.4) is 0 Å². The van der Waals surface area contributed by atoms with Crippen molar-refractivity contribution in [1.29, 1.82) is 0 Å². The molecule has 1 heterocycles. The zero-order valence-corrected chi connectivity index (χ0v) is 14.4. The van der Waals surface area contributed by atoms with Gasteiger partial charge in [0.15, 0.2) is 5.69 Å². The fourth-order valence-corrected chi connectivity index (χ4v) is 5.82. The van der Waals surface area contributed by atoms with Crippen molar-refractivity contribution in [2.45, 2.75) is 50.6 Å². The lowest BCUT2D eigenvalue weighted by Gasteiger charge is -2.56. The van der Waals surface area contributed by atoms with E-state index in [4.69, 9.17) is 0 Å². The molecule has 0 spiro atoms. The van der Waals surface area contributed by atoms with Gasteiger partial charge in [-0.15, -0.1) is 5.10 Å². The molecule has 5 heteroatoms. The second kappa shape index (κ2) is 5.68. The Morgan fingerprint density at radius 2 is 1.72 bits per heavy atom. The third kappa shape index (κ3) is 2.86. The third-order valence-electron chi connectivity index (χ3n) is 6.38. The molecule has 4 aliphatic rings. The molecule has 4 saturated carbocycles. The van der Waals surface area contributed by atoms with Crippen LogP contribution in [0.25, 0.3) is 0 Å². The zero-order valence-electron chi connectivity index (χ0n) is 14.4. The van der Waals surface area contributed by atoms with Gasteiger partial charge in [0, 0.05) is 5.54 Å². The summed E-state index contributed by atoms with van der Waals surface area (Å²) in [5.41, 5.74) is 1.61. The molecular weight excluding hydrogens is 312 g/mol. The van der Waals surface area contributed by atoms with Crippen LogP contribution in [0, 0.1) is 17.8 Å². The average molecular weight is 336 g/mol. The van der Waals surface area contributed by atoms with Crippen LogP contribution in [-0.4, -0.2) is 26.4 Å². The van der Waals surface area contributed by atoms with Gasteiger partial charge in [-0.3, -0.25) is 4.79 Å². The molecule has 0 atom stereocenters. The topological polar surface area (TPSA) is 59.8 Å². The predicted molar refractivity (Wildman–Crippen MR) is 93.9 cm³/mol. The van der Waals surface area contributed by atoms with E-state index in [1.807, 2.05) is 18.2 Å². The van der Waals surface area contributed by atoms with Crippen LogP contribution in [0.15, 0.2) is 36.5 Å². The molecule has 1 aromatic heterocycles. The van der Waals surface area contributed by atoms with Gasteiger partial charge in [0.1, 0.15) is 0 Å². The average Bonchev–Trinajstić information content (AvgIpc) is 3.03. The number of carbonyl (C=O) groups is 1. The number of rotatable bonds is 4. The molecule has 0 saturated heterocycles. The highest BCUT2D eigenvalue weighted by Crippen LogP contribution is 2.55. The van der Waals surface area contributed by atoms with Gasteiger partial charge in [-0.05, 0) is 61.8 Å². The molecule has 1 aromatic carbocycles. The highest BCUT2D eigenvalue weighted by Gasteiger charge is 2.51. The Morgan fingerprint density at radius 3 is 2.36 bits per heavy atom. The van der Waals surface area contributed by atoms with Gasteiger partial charge < -0.3 is 5.32 Å². The van der Waals surface area contributed by atoms with Crippen molar-refractivity contribution >= 4 is 5.91 Å². The lowest BCUT2D eigenvalue weighted by atomic mass is 9.53. The highest BCUT2D eigenvalue weighted by molar-refractivity contribution is 5.92. The summed E-state index contributed by atoms with van der Waals surface area (Å²) in [7, 11) is 0. The molecule has 5 nitrogen and oxygen atoms in total. The summed E-state index contributed by atoms with van der Waals surface area (Å²) >= 11 is 0. The van der Waals surface area contributed by atoms with Crippen molar-refractivity contribution in [1.82, 2.24) is 20.3 Å². The van der Waals surface area contributed by atoms with E-state index in [-0.39, 0.29) is 11.4 Å². The van der Waals surface area contributed by atoms with Gasteiger partial charge in [0.2, 0.25) is 0 Å². The van der Waals surface area contributed by atoms with Crippen LogP contribution in [0.2, 0.25) is 0 Å². The van der Waals surface area contributed by atoms with Crippen LogP contribution in [0.1, 0.15) is 54.6 Å². The number of amides is 1. The fraction of sp³-hybridized carbons (Fsp3) is 0.550. The van der Waals surface area contributed by atoms with Crippen LogP contribution in [0.4, 0.5) is 0 Å². The molecular formula is C20H24N4O. The second-order valence-corrected chi connectivity index (χ2v) is 8.44. The van der Waals surface area contributed by atoms with E-state index in [0.29, 0.717) is 12.2 Å². The van der Waals surface area contributed by atoms with Crippen molar-refractivity contribution in [2.75, 3.05) is 0 Å². The number of benzene rings is 1. The lowest BCUT2D eigenvalue weighted by Crippen LogP contribution is -2.59. The summed E-state index contributed by atoms with van der Waals surface area (Å²) in [5, 5.41) is 11.6. The van der Waals surface area contributed by atoms with Gasteiger partial charge in [0.25, 0.3) is 5.91 Å². The van der Waals surface area contributed by atoms with Gasteiger partial charge in [0.05, 0.1) is 12.7 Å². The first-order valence-electron chi connectivity index (χ1n) is 9.44. The molecule has 4 aliphatic carbocycles. The molecule has 4 bridgehead atoms. The maximum atomic E-state index is 12.8. The van der Waals surface area contributed by atoms with Gasteiger partial charge in [-0.25, -0.2) is 4.68 Å². The summed E-state index contributed by atoms with van der Waals surface area (Å²) in [4.78, 5) is 12.8. The molecule has 0 unspecified atom stereocenters. The first-order valence-corrected chi connectivity index (χ1v) is 9.44. The Bertz CT molecular complexity index is 747. The minimum Gasteiger partial charge on any atom is -0.345 e. The smallest absolute Gasteiger partial charge is 0.273 e. The number of hydrogen-bond donors (Lipinski definition) is 1. The number of hydrogen-bond acceptors (Lipinski definition) is 3. The Morgan fingerprint density at radius 1 is 1.08 bits per heavy atom. The van der Waals surface area contributed by atoms with Crippen molar-refractivity contribution in [3.05, 3.63) is 47.8 Å².